The van der Waals surface area contributed by atoms with Gasteiger partial charge in [0.2, 0.25) is 0 Å². The SMILES string of the molecule is CC(C)(F)CCO[Si](C)(C)C(C)(C)C. The predicted molar refractivity (Wildman–Crippen MR) is 63.0 cm³/mol. The zero-order valence-corrected chi connectivity index (χ0v) is 11.7. The van der Waals surface area contributed by atoms with Crippen molar-refractivity contribution < 1.29 is 8.82 Å². The summed E-state index contributed by atoms with van der Waals surface area (Å²) in [6.45, 7) is 14.7. The van der Waals surface area contributed by atoms with E-state index in [4.69, 9.17) is 4.43 Å². The molecular formula is C11H25FOSi. The van der Waals surface area contributed by atoms with E-state index in [2.05, 4.69) is 33.9 Å². The van der Waals surface area contributed by atoms with Gasteiger partial charge in [0.05, 0.1) is 0 Å². The summed E-state index contributed by atoms with van der Waals surface area (Å²) in [4.78, 5) is 0. The molecule has 0 aromatic carbocycles. The van der Waals surface area contributed by atoms with Crippen LogP contribution in [0.2, 0.25) is 18.1 Å². The van der Waals surface area contributed by atoms with Gasteiger partial charge in [0.15, 0.2) is 8.32 Å². The number of rotatable bonds is 4. The zero-order valence-electron chi connectivity index (χ0n) is 10.7. The van der Waals surface area contributed by atoms with Gasteiger partial charge in [-0.05, 0) is 32.0 Å². The van der Waals surface area contributed by atoms with Crippen LogP contribution in [0.4, 0.5) is 4.39 Å². The Morgan fingerprint density at radius 1 is 1.07 bits per heavy atom. The molecule has 3 heteroatoms. The van der Waals surface area contributed by atoms with Crippen LogP contribution >= 0.6 is 0 Å². The van der Waals surface area contributed by atoms with Gasteiger partial charge in [-0.3, -0.25) is 0 Å². The fourth-order valence-electron chi connectivity index (χ4n) is 0.765. The molecule has 0 amide bonds. The summed E-state index contributed by atoms with van der Waals surface area (Å²) in [7, 11) is -1.67. The largest absolute Gasteiger partial charge is 0.417 e. The average molecular weight is 220 g/mol. The van der Waals surface area contributed by atoms with Crippen molar-refractivity contribution in [3.05, 3.63) is 0 Å². The molecule has 0 fully saturated rings. The summed E-state index contributed by atoms with van der Waals surface area (Å²) >= 11 is 0. The lowest BCUT2D eigenvalue weighted by molar-refractivity contribution is 0.154. The maximum absolute atomic E-state index is 13.2. The highest BCUT2D eigenvalue weighted by Gasteiger charge is 2.37. The molecule has 0 heterocycles. The first kappa shape index (κ1) is 14.1. The molecular weight excluding hydrogens is 195 g/mol. The van der Waals surface area contributed by atoms with E-state index in [9.17, 15) is 4.39 Å². The lowest BCUT2D eigenvalue weighted by Crippen LogP contribution is -2.41. The van der Waals surface area contributed by atoms with E-state index in [1.54, 1.807) is 13.8 Å². The normalized spacial score (nSPS) is 14.6. The molecule has 14 heavy (non-hydrogen) atoms. The van der Waals surface area contributed by atoms with Crippen molar-refractivity contribution >= 4 is 8.32 Å². The maximum atomic E-state index is 13.2. The molecule has 0 aliphatic rings. The Bertz CT molecular complexity index is 177. The highest BCUT2D eigenvalue weighted by atomic mass is 28.4. The summed E-state index contributed by atoms with van der Waals surface area (Å²) in [6.07, 6.45) is 0.486. The number of halogens is 1. The Morgan fingerprint density at radius 2 is 1.50 bits per heavy atom. The fraction of sp³-hybridized carbons (Fsp3) is 1.00. The molecule has 0 saturated heterocycles. The van der Waals surface area contributed by atoms with Crippen molar-refractivity contribution in [2.45, 2.75) is 64.8 Å². The van der Waals surface area contributed by atoms with Gasteiger partial charge < -0.3 is 4.43 Å². The van der Waals surface area contributed by atoms with Gasteiger partial charge in [0.1, 0.15) is 5.67 Å². The molecule has 0 aromatic rings. The fourth-order valence-corrected chi connectivity index (χ4v) is 1.81. The Balaban J connectivity index is 4.02. The Morgan fingerprint density at radius 3 is 1.79 bits per heavy atom. The second-order valence-corrected chi connectivity index (χ2v) is 10.9. The van der Waals surface area contributed by atoms with Crippen LogP contribution in [0.15, 0.2) is 0 Å². The third-order valence-electron chi connectivity index (χ3n) is 2.97. The van der Waals surface area contributed by atoms with Crippen LogP contribution < -0.4 is 0 Å². The van der Waals surface area contributed by atoms with Crippen LogP contribution in [-0.2, 0) is 4.43 Å². The maximum Gasteiger partial charge on any atom is 0.191 e. The topological polar surface area (TPSA) is 9.23 Å². The highest BCUT2D eigenvalue weighted by Crippen LogP contribution is 2.36. The number of hydrogen-bond donors (Lipinski definition) is 0. The summed E-state index contributed by atoms with van der Waals surface area (Å²) < 4.78 is 19.1. The standard InChI is InChI=1S/C11H25FOSi/c1-10(2,3)14(6,7)13-9-8-11(4,5)12/h8-9H2,1-7H3. The van der Waals surface area contributed by atoms with Gasteiger partial charge in [-0.25, -0.2) is 4.39 Å². The number of alkyl halides is 1. The molecule has 1 nitrogen and oxygen atoms in total. The van der Waals surface area contributed by atoms with Gasteiger partial charge in [-0.2, -0.15) is 0 Å². The Kier molecular flexibility index (Phi) is 4.35. The van der Waals surface area contributed by atoms with Gasteiger partial charge >= 0.3 is 0 Å². The van der Waals surface area contributed by atoms with Crippen LogP contribution in [0, 0.1) is 0 Å². The van der Waals surface area contributed by atoms with Crippen molar-refractivity contribution in [1.82, 2.24) is 0 Å². The highest BCUT2D eigenvalue weighted by molar-refractivity contribution is 6.74. The van der Waals surface area contributed by atoms with Gasteiger partial charge in [0.25, 0.3) is 0 Å². The Labute approximate surface area is 89.2 Å². The van der Waals surface area contributed by atoms with E-state index >= 15 is 0 Å². The van der Waals surface area contributed by atoms with Crippen molar-refractivity contribution in [3.63, 3.8) is 0 Å². The molecule has 0 aliphatic heterocycles. The first-order chi connectivity index (χ1) is 5.96. The van der Waals surface area contributed by atoms with Gasteiger partial charge in [-0.1, -0.05) is 20.8 Å². The second-order valence-electron chi connectivity index (χ2n) is 6.08. The summed E-state index contributed by atoms with van der Waals surface area (Å²) in [6, 6.07) is 0. The minimum absolute atomic E-state index is 0.216. The van der Waals surface area contributed by atoms with Crippen molar-refractivity contribution in [2.75, 3.05) is 6.61 Å². The van der Waals surface area contributed by atoms with Crippen LogP contribution in [0.5, 0.6) is 0 Å². The van der Waals surface area contributed by atoms with E-state index in [1.165, 1.54) is 0 Å². The van der Waals surface area contributed by atoms with Crippen LogP contribution in [-0.4, -0.2) is 20.6 Å². The van der Waals surface area contributed by atoms with E-state index in [1.807, 2.05) is 0 Å². The molecule has 86 valence electrons. The first-order valence-corrected chi connectivity index (χ1v) is 8.19. The van der Waals surface area contributed by atoms with E-state index < -0.39 is 14.0 Å². The minimum Gasteiger partial charge on any atom is -0.417 e. The molecule has 0 rings (SSSR count). The van der Waals surface area contributed by atoms with Crippen LogP contribution in [0.1, 0.15) is 41.0 Å². The van der Waals surface area contributed by atoms with E-state index in [0.717, 1.165) is 0 Å². The quantitative estimate of drug-likeness (QED) is 0.647. The van der Waals surface area contributed by atoms with E-state index in [-0.39, 0.29) is 5.04 Å². The molecule has 0 aliphatic carbocycles. The smallest absolute Gasteiger partial charge is 0.191 e. The average Bonchev–Trinajstić information content (AvgIpc) is 1.80. The van der Waals surface area contributed by atoms with Crippen molar-refractivity contribution in [1.29, 1.82) is 0 Å². The van der Waals surface area contributed by atoms with Gasteiger partial charge in [-0.15, -0.1) is 0 Å². The van der Waals surface area contributed by atoms with Gasteiger partial charge in [0, 0.05) is 13.0 Å². The zero-order chi connectivity index (χ0) is 11.6. The van der Waals surface area contributed by atoms with Crippen LogP contribution in [0.3, 0.4) is 0 Å². The molecule has 0 saturated carbocycles. The summed E-state index contributed by atoms with van der Waals surface area (Å²) in [5.74, 6) is 0. The molecule has 0 aromatic heterocycles. The van der Waals surface area contributed by atoms with Crippen LogP contribution in [0.25, 0.3) is 0 Å². The molecule has 0 unspecified atom stereocenters. The predicted octanol–water partition coefficient (Wildman–Crippen LogP) is 4.15. The lowest BCUT2D eigenvalue weighted by atomic mass is 10.1. The lowest BCUT2D eigenvalue weighted by Gasteiger charge is -2.36. The monoisotopic (exact) mass is 220 g/mol. The number of hydrogen-bond acceptors (Lipinski definition) is 1. The summed E-state index contributed by atoms with van der Waals surface area (Å²) in [5, 5.41) is 0.216. The third-order valence-corrected chi connectivity index (χ3v) is 7.50. The van der Waals surface area contributed by atoms with Crippen molar-refractivity contribution in [2.24, 2.45) is 0 Å². The molecule has 0 spiro atoms. The molecule has 0 atom stereocenters. The Hall–Kier alpha value is 0.107. The third kappa shape index (κ3) is 5.10. The summed E-state index contributed by atoms with van der Waals surface area (Å²) in [5.41, 5.74) is -1.11. The first-order valence-electron chi connectivity index (χ1n) is 5.29. The van der Waals surface area contributed by atoms with E-state index in [0.29, 0.717) is 13.0 Å². The molecule has 0 radical (unpaired) electrons. The molecule has 0 bridgehead atoms. The van der Waals surface area contributed by atoms with Crippen molar-refractivity contribution in [3.8, 4) is 0 Å². The minimum atomic E-state index is -1.67. The molecule has 0 N–H and O–H groups in total. The second kappa shape index (κ2) is 4.31.